The second kappa shape index (κ2) is 8.52. The second-order valence-corrected chi connectivity index (χ2v) is 7.35. The van der Waals surface area contributed by atoms with Crippen LogP contribution in [-0.2, 0) is 5.60 Å². The number of methoxy groups -OCH3 is 1. The minimum atomic E-state index is -1.03. The standard InChI is InChI=1S/C23H31NO2/c1-17-9-7-8-10-22(17)23(25,19(3)16-24(4)5)18(2)15-20-11-13-21(26-6)14-12-20/h7-15,19,25H,16H2,1-6H3/b18-15+. The first-order chi connectivity index (χ1) is 12.3. The Balaban J connectivity index is 2.51. The SMILES string of the molecule is COc1ccc(/C=C(\C)C(O)(c2ccccc2C)C(C)CN(C)C)cc1. The maximum atomic E-state index is 11.9. The molecule has 3 nitrogen and oxygen atoms in total. The summed E-state index contributed by atoms with van der Waals surface area (Å²) in [6.07, 6.45) is 2.07. The molecule has 0 aliphatic rings. The molecule has 140 valence electrons. The first-order valence-corrected chi connectivity index (χ1v) is 9.05. The zero-order chi connectivity index (χ0) is 19.3. The van der Waals surface area contributed by atoms with Crippen molar-refractivity contribution in [1.29, 1.82) is 0 Å². The van der Waals surface area contributed by atoms with Gasteiger partial charge in [0.1, 0.15) is 11.4 Å². The summed E-state index contributed by atoms with van der Waals surface area (Å²) >= 11 is 0. The van der Waals surface area contributed by atoms with Crippen LogP contribution < -0.4 is 4.74 Å². The number of hydrogen-bond donors (Lipinski definition) is 1. The van der Waals surface area contributed by atoms with Crippen LogP contribution in [0.4, 0.5) is 0 Å². The van der Waals surface area contributed by atoms with Crippen LogP contribution in [0.3, 0.4) is 0 Å². The summed E-state index contributed by atoms with van der Waals surface area (Å²) in [6, 6.07) is 16.0. The maximum Gasteiger partial charge on any atom is 0.118 e. The Hall–Kier alpha value is -2.10. The van der Waals surface area contributed by atoms with E-state index < -0.39 is 5.60 Å². The summed E-state index contributed by atoms with van der Waals surface area (Å²) in [4.78, 5) is 2.12. The smallest absolute Gasteiger partial charge is 0.118 e. The number of aliphatic hydroxyl groups is 1. The van der Waals surface area contributed by atoms with Crippen molar-refractivity contribution in [3.8, 4) is 5.75 Å². The fourth-order valence-electron chi connectivity index (χ4n) is 3.61. The summed E-state index contributed by atoms with van der Waals surface area (Å²) in [5.41, 5.74) is 3.02. The minimum Gasteiger partial charge on any atom is -0.497 e. The Bertz CT molecular complexity index is 749. The quantitative estimate of drug-likeness (QED) is 0.796. The van der Waals surface area contributed by atoms with Crippen molar-refractivity contribution in [3.63, 3.8) is 0 Å². The summed E-state index contributed by atoms with van der Waals surface area (Å²) in [5, 5.41) is 11.9. The molecule has 0 radical (unpaired) electrons. The normalized spacial score (nSPS) is 15.6. The number of nitrogens with zero attached hydrogens (tertiary/aromatic N) is 1. The van der Waals surface area contributed by atoms with E-state index in [1.54, 1.807) is 7.11 Å². The summed E-state index contributed by atoms with van der Waals surface area (Å²) < 4.78 is 5.23. The third kappa shape index (κ3) is 4.35. The van der Waals surface area contributed by atoms with Crippen LogP contribution in [0.25, 0.3) is 6.08 Å². The van der Waals surface area contributed by atoms with E-state index in [1.807, 2.05) is 63.5 Å². The fourth-order valence-corrected chi connectivity index (χ4v) is 3.61. The van der Waals surface area contributed by atoms with Crippen LogP contribution >= 0.6 is 0 Å². The van der Waals surface area contributed by atoms with Gasteiger partial charge in [-0.3, -0.25) is 0 Å². The molecule has 2 atom stereocenters. The van der Waals surface area contributed by atoms with Gasteiger partial charge in [-0.1, -0.05) is 49.4 Å². The van der Waals surface area contributed by atoms with Crippen LogP contribution in [0, 0.1) is 12.8 Å². The highest BCUT2D eigenvalue weighted by Gasteiger charge is 2.38. The zero-order valence-electron chi connectivity index (χ0n) is 16.8. The Morgan fingerprint density at radius 3 is 2.31 bits per heavy atom. The molecule has 0 bridgehead atoms. The summed E-state index contributed by atoms with van der Waals surface area (Å²) in [6.45, 7) is 6.97. The Labute approximate surface area is 157 Å². The largest absolute Gasteiger partial charge is 0.497 e. The van der Waals surface area contributed by atoms with Gasteiger partial charge in [0.15, 0.2) is 0 Å². The van der Waals surface area contributed by atoms with Crippen LogP contribution in [0.1, 0.15) is 30.5 Å². The van der Waals surface area contributed by atoms with Gasteiger partial charge in [0.05, 0.1) is 7.11 Å². The van der Waals surface area contributed by atoms with Crippen molar-refractivity contribution in [2.75, 3.05) is 27.7 Å². The molecule has 0 spiro atoms. The lowest BCUT2D eigenvalue weighted by atomic mass is 9.74. The van der Waals surface area contributed by atoms with Gasteiger partial charge in [-0.2, -0.15) is 0 Å². The molecule has 0 amide bonds. The lowest BCUT2D eigenvalue weighted by Gasteiger charge is -2.38. The van der Waals surface area contributed by atoms with Gasteiger partial charge in [-0.25, -0.2) is 0 Å². The molecule has 3 heteroatoms. The van der Waals surface area contributed by atoms with Crippen molar-refractivity contribution in [1.82, 2.24) is 4.90 Å². The van der Waals surface area contributed by atoms with E-state index in [2.05, 4.69) is 30.9 Å². The van der Waals surface area contributed by atoms with Crippen molar-refractivity contribution in [2.45, 2.75) is 26.4 Å². The summed E-state index contributed by atoms with van der Waals surface area (Å²) in [5.74, 6) is 0.864. The molecule has 2 aromatic carbocycles. The van der Waals surface area contributed by atoms with E-state index in [-0.39, 0.29) is 5.92 Å². The molecule has 0 heterocycles. The molecule has 0 aliphatic heterocycles. The van der Waals surface area contributed by atoms with Gasteiger partial charge >= 0.3 is 0 Å². The first-order valence-electron chi connectivity index (χ1n) is 9.05. The number of aryl methyl sites for hydroxylation is 1. The van der Waals surface area contributed by atoms with Gasteiger partial charge in [0, 0.05) is 12.5 Å². The van der Waals surface area contributed by atoms with Crippen molar-refractivity contribution in [3.05, 3.63) is 70.8 Å². The van der Waals surface area contributed by atoms with Crippen LogP contribution in [0.5, 0.6) is 5.75 Å². The Morgan fingerprint density at radius 1 is 1.15 bits per heavy atom. The second-order valence-electron chi connectivity index (χ2n) is 7.35. The highest BCUT2D eigenvalue weighted by Crippen LogP contribution is 2.39. The molecule has 0 saturated carbocycles. The van der Waals surface area contributed by atoms with Gasteiger partial charge in [0.2, 0.25) is 0 Å². The van der Waals surface area contributed by atoms with E-state index in [1.165, 1.54) is 0 Å². The van der Waals surface area contributed by atoms with Crippen LogP contribution in [0.15, 0.2) is 54.1 Å². The monoisotopic (exact) mass is 353 g/mol. The summed E-state index contributed by atoms with van der Waals surface area (Å²) in [7, 11) is 5.74. The van der Waals surface area contributed by atoms with Gasteiger partial charge < -0.3 is 14.7 Å². The van der Waals surface area contributed by atoms with Crippen molar-refractivity contribution in [2.24, 2.45) is 5.92 Å². The van der Waals surface area contributed by atoms with E-state index in [9.17, 15) is 5.11 Å². The predicted octanol–water partition coefficient (Wildman–Crippen LogP) is 4.49. The average Bonchev–Trinajstić information content (AvgIpc) is 2.61. The number of hydrogen-bond acceptors (Lipinski definition) is 3. The first kappa shape index (κ1) is 20.2. The third-order valence-corrected chi connectivity index (χ3v) is 5.01. The zero-order valence-corrected chi connectivity index (χ0v) is 16.8. The van der Waals surface area contributed by atoms with Crippen LogP contribution in [-0.4, -0.2) is 37.8 Å². The van der Waals surface area contributed by atoms with Gasteiger partial charge in [-0.15, -0.1) is 0 Å². The number of ether oxygens (including phenoxy) is 1. The Morgan fingerprint density at radius 2 is 1.77 bits per heavy atom. The van der Waals surface area contributed by atoms with E-state index in [4.69, 9.17) is 4.74 Å². The van der Waals surface area contributed by atoms with Gasteiger partial charge in [-0.05, 0) is 62.3 Å². The lowest BCUT2D eigenvalue weighted by Crippen LogP contribution is -2.40. The highest BCUT2D eigenvalue weighted by atomic mass is 16.5. The highest BCUT2D eigenvalue weighted by molar-refractivity contribution is 5.57. The number of rotatable bonds is 7. The van der Waals surface area contributed by atoms with E-state index in [0.717, 1.165) is 34.6 Å². The van der Waals surface area contributed by atoms with Gasteiger partial charge in [0.25, 0.3) is 0 Å². The van der Waals surface area contributed by atoms with Crippen molar-refractivity contribution < 1.29 is 9.84 Å². The fraction of sp³-hybridized carbons (Fsp3) is 0.391. The maximum absolute atomic E-state index is 11.9. The molecular weight excluding hydrogens is 322 g/mol. The molecular formula is C23H31NO2. The molecule has 0 fully saturated rings. The lowest BCUT2D eigenvalue weighted by molar-refractivity contribution is 0.00998. The van der Waals surface area contributed by atoms with E-state index in [0.29, 0.717) is 0 Å². The molecule has 0 aromatic heterocycles. The van der Waals surface area contributed by atoms with E-state index >= 15 is 0 Å². The minimum absolute atomic E-state index is 0.0353. The predicted molar refractivity (Wildman–Crippen MR) is 109 cm³/mol. The Kier molecular flexibility index (Phi) is 6.63. The number of benzene rings is 2. The molecule has 26 heavy (non-hydrogen) atoms. The molecule has 2 aromatic rings. The molecule has 0 aliphatic carbocycles. The van der Waals surface area contributed by atoms with Crippen LogP contribution in [0.2, 0.25) is 0 Å². The van der Waals surface area contributed by atoms with Crippen molar-refractivity contribution >= 4 is 6.08 Å². The molecule has 2 rings (SSSR count). The third-order valence-electron chi connectivity index (χ3n) is 5.01. The topological polar surface area (TPSA) is 32.7 Å². The molecule has 2 unspecified atom stereocenters. The molecule has 0 saturated heterocycles. The average molecular weight is 354 g/mol. The molecule has 1 N–H and O–H groups in total.